The summed E-state index contributed by atoms with van der Waals surface area (Å²) in [5.41, 5.74) is 4.00. The Morgan fingerprint density at radius 2 is 1.79 bits per heavy atom. The van der Waals surface area contributed by atoms with Crippen molar-refractivity contribution in [3.05, 3.63) is 93.5 Å². The van der Waals surface area contributed by atoms with Gasteiger partial charge in [-0.15, -0.1) is 0 Å². The Hall–Kier alpha value is -3.31. The van der Waals surface area contributed by atoms with Gasteiger partial charge in [0.25, 0.3) is 0 Å². The standard InChI is InChI=1S/C27H25ClFNO3/c1-4-30(5-2)21-10-6-18(7-11-21)13-25-27(31)26-17(3)12-22(15-24(26)33-25)32-16-19-8-9-20(29)14-23(19)28/h6-15H,4-5,16H2,1-3H3/b25-13-. The first-order valence-electron chi connectivity index (χ1n) is 10.9. The molecule has 0 amide bonds. The van der Waals surface area contributed by atoms with E-state index in [9.17, 15) is 9.18 Å². The number of rotatable bonds is 7. The summed E-state index contributed by atoms with van der Waals surface area (Å²) in [6.45, 7) is 8.13. The number of allylic oxidation sites excluding steroid dienone is 1. The van der Waals surface area contributed by atoms with E-state index in [1.54, 1.807) is 24.3 Å². The number of fused-ring (bicyclic) bond motifs is 1. The Balaban J connectivity index is 1.52. The number of carbonyl (C=O) groups is 1. The number of aryl methyl sites for hydroxylation is 1. The lowest BCUT2D eigenvalue weighted by Crippen LogP contribution is -2.21. The van der Waals surface area contributed by atoms with Crippen LogP contribution in [0.15, 0.2) is 60.4 Å². The minimum Gasteiger partial charge on any atom is -0.489 e. The van der Waals surface area contributed by atoms with Crippen molar-refractivity contribution in [2.45, 2.75) is 27.4 Å². The molecule has 170 valence electrons. The summed E-state index contributed by atoms with van der Waals surface area (Å²) in [5, 5.41) is 0.302. The maximum Gasteiger partial charge on any atom is 0.232 e. The molecule has 0 bridgehead atoms. The molecule has 6 heteroatoms. The van der Waals surface area contributed by atoms with Crippen LogP contribution in [-0.2, 0) is 6.61 Å². The number of ketones is 1. The van der Waals surface area contributed by atoms with Crippen LogP contribution in [0.2, 0.25) is 5.02 Å². The fraction of sp³-hybridized carbons (Fsp3) is 0.222. The molecule has 0 spiro atoms. The molecule has 33 heavy (non-hydrogen) atoms. The number of anilines is 1. The third-order valence-corrected chi connectivity index (χ3v) is 6.02. The van der Waals surface area contributed by atoms with E-state index in [1.807, 2.05) is 31.2 Å². The zero-order chi connectivity index (χ0) is 23.5. The topological polar surface area (TPSA) is 38.8 Å². The molecule has 4 rings (SSSR count). The average molecular weight is 466 g/mol. The van der Waals surface area contributed by atoms with Crippen molar-refractivity contribution in [1.29, 1.82) is 0 Å². The number of ether oxygens (including phenoxy) is 2. The highest BCUT2D eigenvalue weighted by Gasteiger charge is 2.30. The Kier molecular flexibility index (Phi) is 6.70. The maximum atomic E-state index is 13.3. The van der Waals surface area contributed by atoms with E-state index in [4.69, 9.17) is 21.1 Å². The van der Waals surface area contributed by atoms with Crippen LogP contribution in [0.5, 0.6) is 11.5 Å². The maximum absolute atomic E-state index is 13.3. The second kappa shape index (κ2) is 9.67. The molecule has 0 atom stereocenters. The molecule has 0 unspecified atom stereocenters. The van der Waals surface area contributed by atoms with E-state index in [0.717, 1.165) is 29.9 Å². The van der Waals surface area contributed by atoms with E-state index in [0.29, 0.717) is 27.6 Å². The fourth-order valence-electron chi connectivity index (χ4n) is 3.88. The first-order chi connectivity index (χ1) is 15.9. The summed E-state index contributed by atoms with van der Waals surface area (Å²) in [7, 11) is 0. The van der Waals surface area contributed by atoms with Crippen LogP contribution in [0.3, 0.4) is 0 Å². The Labute approximate surface area is 198 Å². The molecule has 0 aliphatic carbocycles. The monoisotopic (exact) mass is 465 g/mol. The number of benzene rings is 3. The molecule has 0 saturated carbocycles. The van der Waals surface area contributed by atoms with Crippen LogP contribution >= 0.6 is 11.6 Å². The van der Waals surface area contributed by atoms with Crippen molar-refractivity contribution in [3.8, 4) is 11.5 Å². The van der Waals surface area contributed by atoms with Gasteiger partial charge in [0.05, 0.1) is 10.6 Å². The lowest BCUT2D eigenvalue weighted by atomic mass is 10.0. The summed E-state index contributed by atoms with van der Waals surface area (Å²) in [6, 6.07) is 15.7. The molecule has 0 N–H and O–H groups in total. The Morgan fingerprint density at radius 3 is 2.45 bits per heavy atom. The molecule has 0 aromatic heterocycles. The van der Waals surface area contributed by atoms with Crippen LogP contribution in [-0.4, -0.2) is 18.9 Å². The third-order valence-electron chi connectivity index (χ3n) is 5.67. The van der Waals surface area contributed by atoms with Gasteiger partial charge in [-0.2, -0.15) is 0 Å². The van der Waals surface area contributed by atoms with Crippen LogP contribution in [0.25, 0.3) is 6.08 Å². The number of hydrogen-bond acceptors (Lipinski definition) is 4. The highest BCUT2D eigenvalue weighted by Crippen LogP contribution is 2.38. The lowest BCUT2D eigenvalue weighted by molar-refractivity contribution is 0.101. The SMILES string of the molecule is CCN(CC)c1ccc(/C=C2\Oc3cc(OCc4ccc(F)cc4Cl)cc(C)c3C2=O)cc1. The molecule has 3 aromatic carbocycles. The number of Topliss-reactive ketones (excluding diaryl/α,β-unsaturated/α-hetero) is 1. The number of hydrogen-bond donors (Lipinski definition) is 0. The highest BCUT2D eigenvalue weighted by molar-refractivity contribution is 6.31. The van der Waals surface area contributed by atoms with Crippen molar-refractivity contribution in [2.75, 3.05) is 18.0 Å². The first kappa shape index (κ1) is 22.9. The van der Waals surface area contributed by atoms with E-state index in [1.165, 1.54) is 12.1 Å². The first-order valence-corrected chi connectivity index (χ1v) is 11.3. The highest BCUT2D eigenvalue weighted by atomic mass is 35.5. The van der Waals surface area contributed by atoms with Crippen molar-refractivity contribution in [1.82, 2.24) is 0 Å². The molecule has 1 heterocycles. The van der Waals surface area contributed by atoms with Gasteiger partial charge in [-0.25, -0.2) is 4.39 Å². The minimum absolute atomic E-state index is 0.150. The fourth-order valence-corrected chi connectivity index (χ4v) is 4.10. The second-order valence-corrected chi connectivity index (χ2v) is 8.25. The van der Waals surface area contributed by atoms with Gasteiger partial charge >= 0.3 is 0 Å². The smallest absolute Gasteiger partial charge is 0.232 e. The van der Waals surface area contributed by atoms with Gasteiger partial charge in [-0.3, -0.25) is 4.79 Å². The molecule has 3 aromatic rings. The van der Waals surface area contributed by atoms with Gasteiger partial charge < -0.3 is 14.4 Å². The summed E-state index contributed by atoms with van der Waals surface area (Å²) < 4.78 is 25.0. The Morgan fingerprint density at radius 1 is 1.06 bits per heavy atom. The molecule has 4 nitrogen and oxygen atoms in total. The van der Waals surface area contributed by atoms with Crippen molar-refractivity contribution < 1.29 is 18.7 Å². The Bertz CT molecular complexity index is 1220. The van der Waals surface area contributed by atoms with Crippen molar-refractivity contribution in [3.63, 3.8) is 0 Å². The van der Waals surface area contributed by atoms with Gasteiger partial charge in [0.15, 0.2) is 5.76 Å². The van der Waals surface area contributed by atoms with Gasteiger partial charge in [0.1, 0.15) is 23.9 Å². The van der Waals surface area contributed by atoms with Crippen molar-refractivity contribution in [2.24, 2.45) is 0 Å². The van der Waals surface area contributed by atoms with Crippen LogP contribution < -0.4 is 14.4 Å². The average Bonchev–Trinajstić information content (AvgIpc) is 3.10. The third kappa shape index (κ3) is 4.88. The van der Waals surface area contributed by atoms with Gasteiger partial charge in [0, 0.05) is 30.4 Å². The summed E-state index contributed by atoms with van der Waals surface area (Å²) in [5.74, 6) is 0.743. The summed E-state index contributed by atoms with van der Waals surface area (Å²) >= 11 is 6.08. The molecule has 1 aliphatic rings. The normalized spacial score (nSPS) is 13.7. The molecule has 1 aliphatic heterocycles. The van der Waals surface area contributed by atoms with E-state index in [-0.39, 0.29) is 18.1 Å². The molecule has 0 saturated heterocycles. The number of nitrogens with zero attached hydrogens (tertiary/aromatic N) is 1. The van der Waals surface area contributed by atoms with E-state index >= 15 is 0 Å². The molecule has 0 fully saturated rings. The number of carbonyl (C=O) groups excluding carboxylic acids is 1. The van der Waals surface area contributed by atoms with E-state index < -0.39 is 5.82 Å². The van der Waals surface area contributed by atoms with Gasteiger partial charge in [-0.1, -0.05) is 29.8 Å². The largest absolute Gasteiger partial charge is 0.489 e. The zero-order valence-corrected chi connectivity index (χ0v) is 19.6. The minimum atomic E-state index is -0.397. The number of halogens is 2. The quantitative estimate of drug-likeness (QED) is 0.358. The summed E-state index contributed by atoms with van der Waals surface area (Å²) in [6.07, 6.45) is 1.76. The van der Waals surface area contributed by atoms with Gasteiger partial charge in [-0.05, 0) is 68.3 Å². The van der Waals surface area contributed by atoms with Gasteiger partial charge in [0.2, 0.25) is 5.78 Å². The van der Waals surface area contributed by atoms with Crippen LogP contribution in [0.4, 0.5) is 10.1 Å². The van der Waals surface area contributed by atoms with Crippen LogP contribution in [0, 0.1) is 12.7 Å². The van der Waals surface area contributed by atoms with E-state index in [2.05, 4.69) is 18.7 Å². The second-order valence-electron chi connectivity index (χ2n) is 7.84. The van der Waals surface area contributed by atoms with Crippen LogP contribution in [0.1, 0.15) is 40.9 Å². The lowest BCUT2D eigenvalue weighted by Gasteiger charge is -2.20. The van der Waals surface area contributed by atoms with Crippen molar-refractivity contribution >= 4 is 29.1 Å². The molecular formula is C27H25ClFNO3. The predicted molar refractivity (Wildman–Crippen MR) is 130 cm³/mol. The summed E-state index contributed by atoms with van der Waals surface area (Å²) in [4.78, 5) is 15.2. The predicted octanol–water partition coefficient (Wildman–Crippen LogP) is 6.83. The molecular weight excluding hydrogens is 441 g/mol. The zero-order valence-electron chi connectivity index (χ0n) is 18.8. The molecule has 0 radical (unpaired) electrons.